The highest BCUT2D eigenvalue weighted by molar-refractivity contribution is 6.62. The maximum atomic E-state index is 6.19. The number of hydrogen-bond acceptors (Lipinski definition) is 3. The predicted molar refractivity (Wildman–Crippen MR) is 102 cm³/mol. The summed E-state index contributed by atoms with van der Waals surface area (Å²) in [5.74, 6) is 0. The Morgan fingerprint density at radius 1 is 1.00 bits per heavy atom. The first kappa shape index (κ1) is 16.6. The molecule has 3 nitrogen and oxygen atoms in total. The molecule has 2 aromatic rings. The number of allylic oxidation sites excluding steroid dienone is 1. The normalized spacial score (nSPS) is 20.5. The van der Waals surface area contributed by atoms with Gasteiger partial charge in [0.1, 0.15) is 0 Å². The summed E-state index contributed by atoms with van der Waals surface area (Å²) in [6.07, 6.45) is 5.05. The molecule has 0 bridgehead atoms. The summed E-state index contributed by atoms with van der Waals surface area (Å²) in [5, 5.41) is 0. The highest BCUT2D eigenvalue weighted by Crippen LogP contribution is 2.37. The van der Waals surface area contributed by atoms with Gasteiger partial charge in [0.25, 0.3) is 0 Å². The van der Waals surface area contributed by atoms with Crippen LogP contribution in [0.15, 0.2) is 42.6 Å². The fraction of sp³-hybridized carbons (Fsp3) is 0.381. The molecule has 0 spiro atoms. The van der Waals surface area contributed by atoms with Gasteiger partial charge in [-0.15, -0.1) is 0 Å². The van der Waals surface area contributed by atoms with Gasteiger partial charge in [0.05, 0.1) is 16.9 Å². The molecule has 1 aliphatic carbocycles. The maximum absolute atomic E-state index is 6.19. The third kappa shape index (κ3) is 2.64. The van der Waals surface area contributed by atoms with Gasteiger partial charge >= 0.3 is 7.12 Å². The molecule has 25 heavy (non-hydrogen) atoms. The summed E-state index contributed by atoms with van der Waals surface area (Å²) in [7, 11) is -0.374. The molecule has 4 rings (SSSR count). The molecule has 0 saturated carbocycles. The van der Waals surface area contributed by atoms with Crippen molar-refractivity contribution in [1.29, 1.82) is 0 Å². The van der Waals surface area contributed by atoms with E-state index in [-0.39, 0.29) is 18.3 Å². The maximum Gasteiger partial charge on any atom is 0.496 e. The van der Waals surface area contributed by atoms with Gasteiger partial charge in [0.2, 0.25) is 0 Å². The Labute approximate surface area is 150 Å². The Balaban J connectivity index is 1.71. The first-order valence-electron chi connectivity index (χ1n) is 8.89. The van der Waals surface area contributed by atoms with E-state index in [1.54, 1.807) is 0 Å². The van der Waals surface area contributed by atoms with Gasteiger partial charge < -0.3 is 9.31 Å². The van der Waals surface area contributed by atoms with Crippen LogP contribution in [0.3, 0.4) is 0 Å². The van der Waals surface area contributed by atoms with E-state index in [2.05, 4.69) is 71.0 Å². The van der Waals surface area contributed by atoms with Crippen molar-refractivity contribution in [3.63, 3.8) is 0 Å². The lowest BCUT2D eigenvalue weighted by Crippen LogP contribution is -2.41. The van der Waals surface area contributed by atoms with Crippen LogP contribution in [0.25, 0.3) is 5.57 Å². The summed E-state index contributed by atoms with van der Waals surface area (Å²) in [6, 6.07) is 10.7. The lowest BCUT2D eigenvalue weighted by molar-refractivity contribution is 0.00578. The van der Waals surface area contributed by atoms with Gasteiger partial charge in [-0.05, 0) is 51.3 Å². The standard InChI is InChI=1S/C21H24BNO2/c1-14-8-6-7-9-16(14)17-10-11-19-18(17)12-15(13-23-19)22-24-20(2,3)21(4,5)25-22/h6-10,12-13H,11H2,1-5H3. The second kappa shape index (κ2) is 5.55. The fourth-order valence-corrected chi connectivity index (χ4v) is 3.45. The molecule has 2 heterocycles. The lowest BCUT2D eigenvalue weighted by atomic mass is 9.79. The van der Waals surface area contributed by atoms with E-state index < -0.39 is 0 Å². The number of rotatable bonds is 2. The summed E-state index contributed by atoms with van der Waals surface area (Å²) < 4.78 is 12.4. The van der Waals surface area contributed by atoms with Crippen LogP contribution in [-0.2, 0) is 15.7 Å². The van der Waals surface area contributed by atoms with Crippen molar-refractivity contribution in [2.24, 2.45) is 0 Å². The summed E-state index contributed by atoms with van der Waals surface area (Å²) in [6.45, 7) is 10.5. The van der Waals surface area contributed by atoms with Gasteiger partial charge in [-0.2, -0.15) is 0 Å². The van der Waals surface area contributed by atoms with Gasteiger partial charge in [0, 0.05) is 23.6 Å². The average molecular weight is 333 g/mol. The van der Waals surface area contributed by atoms with Crippen LogP contribution in [0.1, 0.15) is 50.1 Å². The first-order chi connectivity index (χ1) is 11.8. The van der Waals surface area contributed by atoms with Crippen molar-refractivity contribution in [2.75, 3.05) is 0 Å². The molecule has 1 aromatic carbocycles. The zero-order valence-corrected chi connectivity index (χ0v) is 15.6. The van der Waals surface area contributed by atoms with E-state index >= 15 is 0 Å². The van der Waals surface area contributed by atoms with E-state index in [0.29, 0.717) is 0 Å². The first-order valence-corrected chi connectivity index (χ1v) is 8.89. The highest BCUT2D eigenvalue weighted by atomic mass is 16.7. The predicted octanol–water partition coefficient (Wildman–Crippen LogP) is 3.68. The Morgan fingerprint density at radius 2 is 1.68 bits per heavy atom. The van der Waals surface area contributed by atoms with Gasteiger partial charge in [-0.3, -0.25) is 4.98 Å². The highest BCUT2D eigenvalue weighted by Gasteiger charge is 2.52. The molecule has 0 amide bonds. The summed E-state index contributed by atoms with van der Waals surface area (Å²) in [5.41, 5.74) is 6.44. The SMILES string of the molecule is Cc1ccccc1C1=CCc2ncc(B3OC(C)(C)C(C)(C)O3)cc21. The quantitative estimate of drug-likeness (QED) is 0.786. The number of hydrogen-bond donors (Lipinski definition) is 0. The van der Waals surface area contributed by atoms with Gasteiger partial charge in [0.15, 0.2) is 0 Å². The van der Waals surface area contributed by atoms with Crippen LogP contribution >= 0.6 is 0 Å². The molecule has 128 valence electrons. The van der Waals surface area contributed by atoms with E-state index in [4.69, 9.17) is 14.3 Å². The second-order valence-corrected chi connectivity index (χ2v) is 7.99. The Kier molecular flexibility index (Phi) is 3.67. The molecule has 1 saturated heterocycles. The van der Waals surface area contributed by atoms with Crippen LogP contribution < -0.4 is 5.46 Å². The molecule has 4 heteroatoms. The van der Waals surface area contributed by atoms with Crippen molar-refractivity contribution in [3.8, 4) is 0 Å². The monoisotopic (exact) mass is 333 g/mol. The number of aryl methyl sites for hydroxylation is 1. The number of aromatic nitrogens is 1. The van der Waals surface area contributed by atoms with Crippen LogP contribution in [0.4, 0.5) is 0 Å². The third-order valence-corrected chi connectivity index (χ3v) is 5.74. The van der Waals surface area contributed by atoms with Crippen molar-refractivity contribution >= 4 is 18.2 Å². The molecular formula is C21H24BNO2. The minimum Gasteiger partial charge on any atom is -0.399 e. The number of fused-ring (bicyclic) bond motifs is 1. The Morgan fingerprint density at radius 3 is 2.36 bits per heavy atom. The van der Waals surface area contributed by atoms with E-state index in [9.17, 15) is 0 Å². The molecule has 1 aliphatic heterocycles. The number of pyridine rings is 1. The van der Waals surface area contributed by atoms with Crippen molar-refractivity contribution in [2.45, 2.75) is 52.2 Å². The smallest absolute Gasteiger partial charge is 0.399 e. The minimum atomic E-state index is -0.374. The topological polar surface area (TPSA) is 31.4 Å². The zero-order valence-electron chi connectivity index (χ0n) is 15.6. The van der Waals surface area contributed by atoms with Gasteiger partial charge in [-0.25, -0.2) is 0 Å². The zero-order chi connectivity index (χ0) is 17.8. The van der Waals surface area contributed by atoms with E-state index in [1.807, 2.05) is 6.20 Å². The molecule has 0 radical (unpaired) electrons. The van der Waals surface area contributed by atoms with Crippen LogP contribution in [-0.4, -0.2) is 23.3 Å². The Bertz CT molecular complexity index is 854. The van der Waals surface area contributed by atoms with E-state index in [1.165, 1.54) is 22.3 Å². The molecule has 0 atom stereocenters. The molecule has 0 N–H and O–H groups in total. The molecule has 1 aromatic heterocycles. The minimum absolute atomic E-state index is 0.342. The van der Waals surface area contributed by atoms with Crippen LogP contribution in [0.2, 0.25) is 0 Å². The summed E-state index contributed by atoms with van der Waals surface area (Å²) >= 11 is 0. The average Bonchev–Trinajstić information content (AvgIpc) is 3.05. The number of benzene rings is 1. The van der Waals surface area contributed by atoms with Crippen LogP contribution in [0, 0.1) is 6.92 Å². The lowest BCUT2D eigenvalue weighted by Gasteiger charge is -2.32. The molecule has 0 unspecified atom stereocenters. The molecule has 2 aliphatic rings. The van der Waals surface area contributed by atoms with Crippen molar-refractivity contribution in [1.82, 2.24) is 4.98 Å². The third-order valence-electron chi connectivity index (χ3n) is 5.74. The second-order valence-electron chi connectivity index (χ2n) is 7.99. The molecule has 1 fully saturated rings. The van der Waals surface area contributed by atoms with Crippen molar-refractivity contribution in [3.05, 3.63) is 65.0 Å². The van der Waals surface area contributed by atoms with E-state index in [0.717, 1.165) is 17.6 Å². The summed E-state index contributed by atoms with van der Waals surface area (Å²) in [4.78, 5) is 4.69. The number of nitrogens with zero attached hydrogens (tertiary/aromatic N) is 1. The fourth-order valence-electron chi connectivity index (χ4n) is 3.45. The largest absolute Gasteiger partial charge is 0.496 e. The molecular weight excluding hydrogens is 309 g/mol. The van der Waals surface area contributed by atoms with Gasteiger partial charge in [-0.1, -0.05) is 36.4 Å². The Hall–Kier alpha value is -1.91. The van der Waals surface area contributed by atoms with Crippen LogP contribution in [0.5, 0.6) is 0 Å². The van der Waals surface area contributed by atoms with Crippen molar-refractivity contribution < 1.29 is 9.31 Å².